The van der Waals surface area contributed by atoms with E-state index in [4.69, 9.17) is 0 Å². The molecule has 0 saturated carbocycles. The van der Waals surface area contributed by atoms with Gasteiger partial charge in [0.15, 0.2) is 0 Å². The minimum atomic E-state index is 0.194. The first kappa shape index (κ1) is 7.74. The van der Waals surface area contributed by atoms with Crippen LogP contribution in [-0.4, -0.2) is 0 Å². The van der Waals surface area contributed by atoms with Crippen molar-refractivity contribution in [2.75, 3.05) is 0 Å². The molecule has 0 heterocycles. The molecule has 0 aliphatic carbocycles. The summed E-state index contributed by atoms with van der Waals surface area (Å²) < 4.78 is 0. The third-order valence-electron chi connectivity index (χ3n) is 1.80. The lowest BCUT2D eigenvalue weighted by atomic mass is 9.82. The van der Waals surface area contributed by atoms with Crippen molar-refractivity contribution in [2.45, 2.75) is 20.8 Å². The molecule has 0 aliphatic heterocycles. The minimum Gasteiger partial charge on any atom is -0.103 e. The van der Waals surface area contributed by atoms with Crippen molar-refractivity contribution in [1.29, 1.82) is 0 Å². The van der Waals surface area contributed by atoms with E-state index in [1.54, 1.807) is 0 Å². The van der Waals surface area contributed by atoms with Crippen LogP contribution < -0.4 is 0 Å². The third kappa shape index (κ3) is 1.69. The predicted octanol–water partition coefficient (Wildman–Crippen LogP) is 2.67. The monoisotopic (exact) mass is 111 g/mol. The van der Waals surface area contributed by atoms with Gasteiger partial charge >= 0.3 is 0 Å². The van der Waals surface area contributed by atoms with Crippen molar-refractivity contribution in [3.05, 3.63) is 19.6 Å². The number of hydrogen-bond acceptors (Lipinski definition) is 0. The molecule has 0 aromatic rings. The first-order valence-corrected chi connectivity index (χ1v) is 2.97. The zero-order valence-electron chi connectivity index (χ0n) is 6.07. The Morgan fingerprint density at radius 3 is 1.88 bits per heavy atom. The highest BCUT2D eigenvalue weighted by atomic mass is 14.2. The molecule has 0 aromatic heterocycles. The highest BCUT2D eigenvalue weighted by Crippen LogP contribution is 2.25. The van der Waals surface area contributed by atoms with Gasteiger partial charge in [0.25, 0.3) is 0 Å². The van der Waals surface area contributed by atoms with Crippen molar-refractivity contribution in [1.82, 2.24) is 0 Å². The van der Waals surface area contributed by atoms with Crippen LogP contribution in [0.15, 0.2) is 12.7 Å². The summed E-state index contributed by atoms with van der Waals surface area (Å²) in [5, 5.41) is 0. The van der Waals surface area contributed by atoms with Crippen molar-refractivity contribution in [3.63, 3.8) is 0 Å². The smallest absolute Gasteiger partial charge is 0.0152 e. The fourth-order valence-electron chi connectivity index (χ4n) is 0.201. The van der Waals surface area contributed by atoms with E-state index in [1.165, 1.54) is 0 Å². The van der Waals surface area contributed by atoms with Crippen LogP contribution in [0.1, 0.15) is 20.8 Å². The first-order valence-electron chi connectivity index (χ1n) is 2.97. The van der Waals surface area contributed by atoms with E-state index in [0.717, 1.165) is 0 Å². The van der Waals surface area contributed by atoms with Gasteiger partial charge in [0.05, 0.1) is 0 Å². The van der Waals surface area contributed by atoms with Crippen LogP contribution in [0.3, 0.4) is 0 Å². The summed E-state index contributed by atoms with van der Waals surface area (Å²) in [6.45, 7) is 14.0. The Bertz CT molecular complexity index is 78.0. The van der Waals surface area contributed by atoms with Gasteiger partial charge in [-0.3, -0.25) is 0 Å². The predicted molar refractivity (Wildman–Crippen MR) is 38.5 cm³/mol. The average molecular weight is 111 g/mol. The van der Waals surface area contributed by atoms with Crippen LogP contribution in [0.25, 0.3) is 0 Å². The molecule has 47 valence electrons. The van der Waals surface area contributed by atoms with Crippen LogP contribution in [-0.2, 0) is 0 Å². The molecule has 0 saturated heterocycles. The van der Waals surface area contributed by atoms with Gasteiger partial charge in [-0.2, -0.15) is 0 Å². The molecule has 0 spiro atoms. The maximum absolute atomic E-state index is 3.91. The summed E-state index contributed by atoms with van der Waals surface area (Å²) in [5.74, 6) is 0.444. The van der Waals surface area contributed by atoms with E-state index in [0.29, 0.717) is 5.92 Å². The second kappa shape index (κ2) is 2.34. The highest BCUT2D eigenvalue weighted by Gasteiger charge is 2.16. The molecule has 8 heavy (non-hydrogen) atoms. The lowest BCUT2D eigenvalue weighted by Gasteiger charge is -2.23. The molecule has 0 amide bonds. The lowest BCUT2D eigenvalue weighted by molar-refractivity contribution is 0.366. The summed E-state index contributed by atoms with van der Waals surface area (Å²) in [6.07, 6.45) is 1.95. The van der Waals surface area contributed by atoms with E-state index in [-0.39, 0.29) is 5.41 Å². The van der Waals surface area contributed by atoms with Crippen LogP contribution in [0, 0.1) is 18.3 Å². The fourth-order valence-corrected chi connectivity index (χ4v) is 0.201. The summed E-state index contributed by atoms with van der Waals surface area (Å²) in [4.78, 5) is 0. The molecule has 0 N–H and O–H groups in total. The second-order valence-electron chi connectivity index (χ2n) is 2.93. The van der Waals surface area contributed by atoms with Gasteiger partial charge in [-0.25, -0.2) is 0 Å². The molecule has 0 rings (SSSR count). The molecule has 1 unspecified atom stereocenters. The van der Waals surface area contributed by atoms with Crippen LogP contribution in [0.4, 0.5) is 0 Å². The Balaban J connectivity index is 3.90. The summed E-state index contributed by atoms with van der Waals surface area (Å²) >= 11 is 0. The van der Waals surface area contributed by atoms with Crippen molar-refractivity contribution < 1.29 is 0 Å². The van der Waals surface area contributed by atoms with Crippen LogP contribution in [0.2, 0.25) is 0 Å². The summed E-state index contributed by atoms with van der Waals surface area (Å²) in [7, 11) is 0. The van der Waals surface area contributed by atoms with Crippen LogP contribution in [0.5, 0.6) is 0 Å². The maximum atomic E-state index is 3.91. The Labute approximate surface area is 52.6 Å². The Kier molecular flexibility index (Phi) is 2.26. The first-order chi connectivity index (χ1) is 3.50. The minimum absolute atomic E-state index is 0.194. The standard InChI is InChI=1S/C8H15/c1-6-8(4,5)7(2)3/h6-7H,1-2H2,3-5H3. The third-order valence-corrected chi connectivity index (χ3v) is 1.80. The van der Waals surface area contributed by atoms with Gasteiger partial charge in [0.2, 0.25) is 0 Å². The van der Waals surface area contributed by atoms with Gasteiger partial charge in [-0.05, 0) is 18.3 Å². The van der Waals surface area contributed by atoms with Gasteiger partial charge in [-0.15, -0.1) is 6.58 Å². The second-order valence-corrected chi connectivity index (χ2v) is 2.93. The summed E-state index contributed by atoms with van der Waals surface area (Å²) in [5.41, 5.74) is 0.194. The van der Waals surface area contributed by atoms with E-state index >= 15 is 0 Å². The van der Waals surface area contributed by atoms with Crippen molar-refractivity contribution >= 4 is 0 Å². The van der Waals surface area contributed by atoms with Gasteiger partial charge in [0, 0.05) is 0 Å². The molecular weight excluding hydrogens is 96.1 g/mol. The molecule has 0 fully saturated rings. The Hall–Kier alpha value is -0.260. The Morgan fingerprint density at radius 2 is 1.88 bits per heavy atom. The summed E-state index contributed by atoms with van der Waals surface area (Å²) in [6, 6.07) is 0. The average Bonchev–Trinajstić information content (AvgIpc) is 1.67. The molecule has 0 heteroatoms. The van der Waals surface area contributed by atoms with E-state index in [1.807, 2.05) is 6.08 Å². The van der Waals surface area contributed by atoms with Gasteiger partial charge in [0.1, 0.15) is 0 Å². The van der Waals surface area contributed by atoms with Gasteiger partial charge in [-0.1, -0.05) is 26.8 Å². The molecule has 0 bridgehead atoms. The normalized spacial score (nSPS) is 12.1. The van der Waals surface area contributed by atoms with E-state index < -0.39 is 0 Å². The van der Waals surface area contributed by atoms with E-state index in [2.05, 4.69) is 34.3 Å². The molecule has 0 aliphatic rings. The lowest BCUT2D eigenvalue weighted by Crippen LogP contribution is -2.15. The number of hydrogen-bond donors (Lipinski definition) is 0. The van der Waals surface area contributed by atoms with Crippen molar-refractivity contribution in [2.24, 2.45) is 11.3 Å². The molecular formula is C8H15. The molecule has 0 aromatic carbocycles. The number of allylic oxidation sites excluding steroid dienone is 1. The molecule has 1 radical (unpaired) electrons. The molecule has 0 nitrogen and oxygen atoms in total. The topological polar surface area (TPSA) is 0 Å². The zero-order chi connectivity index (χ0) is 6.78. The maximum Gasteiger partial charge on any atom is -0.0152 e. The SMILES string of the molecule is [CH2]C(C)C(C)(C)C=C. The number of rotatable bonds is 2. The molecule has 1 atom stereocenters. The Morgan fingerprint density at radius 1 is 1.50 bits per heavy atom. The van der Waals surface area contributed by atoms with E-state index in [9.17, 15) is 0 Å². The fraction of sp³-hybridized carbons (Fsp3) is 0.625. The van der Waals surface area contributed by atoms with Gasteiger partial charge < -0.3 is 0 Å². The largest absolute Gasteiger partial charge is 0.103 e. The highest BCUT2D eigenvalue weighted by molar-refractivity contribution is 4.91. The van der Waals surface area contributed by atoms with Crippen LogP contribution >= 0.6 is 0 Å². The van der Waals surface area contributed by atoms with Crippen molar-refractivity contribution in [3.8, 4) is 0 Å². The quantitative estimate of drug-likeness (QED) is 0.480. The zero-order valence-corrected chi connectivity index (χ0v) is 6.07.